The van der Waals surface area contributed by atoms with Gasteiger partial charge in [-0.2, -0.15) is 0 Å². The van der Waals surface area contributed by atoms with Crippen LogP contribution in [0.2, 0.25) is 0 Å². The summed E-state index contributed by atoms with van der Waals surface area (Å²) < 4.78 is 8.82. The number of nitrogens with one attached hydrogen (secondary N) is 1. The molecule has 0 spiro atoms. The van der Waals surface area contributed by atoms with Gasteiger partial charge >= 0.3 is 0 Å². The van der Waals surface area contributed by atoms with Crippen LogP contribution in [-0.2, 0) is 6.54 Å². The van der Waals surface area contributed by atoms with E-state index in [-0.39, 0.29) is 0 Å². The van der Waals surface area contributed by atoms with E-state index in [2.05, 4.69) is 70.0 Å². The number of hydrogen-bond donors (Lipinski definition) is 1. The van der Waals surface area contributed by atoms with E-state index in [0.29, 0.717) is 5.92 Å². The highest BCUT2D eigenvalue weighted by Gasteiger charge is 2.12. The molecule has 5 heteroatoms. The Morgan fingerprint density at radius 2 is 2.14 bits per heavy atom. The lowest BCUT2D eigenvalue weighted by molar-refractivity contribution is 0.535. The zero-order chi connectivity index (χ0) is 16.3. The van der Waals surface area contributed by atoms with Gasteiger partial charge in [0.15, 0.2) is 0 Å². The highest BCUT2D eigenvalue weighted by molar-refractivity contribution is 9.10. The first-order chi connectivity index (χ1) is 10.4. The molecule has 0 aliphatic carbocycles. The van der Waals surface area contributed by atoms with Crippen molar-refractivity contribution in [2.45, 2.75) is 20.4 Å². The van der Waals surface area contributed by atoms with Gasteiger partial charge in [-0.15, -0.1) is 0 Å². The van der Waals surface area contributed by atoms with E-state index < -0.39 is 0 Å². The maximum absolute atomic E-state index is 4.27. The Morgan fingerprint density at radius 3 is 2.77 bits per heavy atom. The zero-order valence-corrected chi connectivity index (χ0v) is 16.1. The number of fused-ring (bicyclic) bond motifs is 1. The molecule has 120 valence electrons. The molecule has 1 aromatic carbocycles. The van der Waals surface area contributed by atoms with Crippen molar-refractivity contribution >= 4 is 44.5 Å². The Balaban J connectivity index is 2.31. The first-order valence-electron chi connectivity index (χ1n) is 7.42. The van der Waals surface area contributed by atoms with Gasteiger partial charge in [0.1, 0.15) is 0 Å². The van der Waals surface area contributed by atoms with Crippen molar-refractivity contribution in [2.75, 3.05) is 20.6 Å². The summed E-state index contributed by atoms with van der Waals surface area (Å²) in [7, 11) is 4.04. The number of aromatic nitrogens is 1. The minimum atomic E-state index is 0.609. The van der Waals surface area contributed by atoms with Crippen molar-refractivity contribution in [3.8, 4) is 0 Å². The van der Waals surface area contributed by atoms with Crippen LogP contribution in [0.1, 0.15) is 19.4 Å². The molecule has 0 aliphatic rings. The predicted molar refractivity (Wildman–Crippen MR) is 103 cm³/mol. The molecule has 0 saturated carbocycles. The maximum atomic E-state index is 4.27. The van der Waals surface area contributed by atoms with Crippen LogP contribution in [0.5, 0.6) is 0 Å². The summed E-state index contributed by atoms with van der Waals surface area (Å²) in [5.41, 5.74) is 3.61. The summed E-state index contributed by atoms with van der Waals surface area (Å²) in [6.45, 7) is 10.5. The SMILES string of the molecule is C=C(CNSN(C)C)c1cn(CC(C)C)c2cc(Br)ccc12. The highest BCUT2D eigenvalue weighted by atomic mass is 79.9. The highest BCUT2D eigenvalue weighted by Crippen LogP contribution is 2.29. The lowest BCUT2D eigenvalue weighted by Gasteiger charge is -2.10. The van der Waals surface area contributed by atoms with E-state index in [0.717, 1.165) is 23.1 Å². The monoisotopic (exact) mass is 381 g/mol. The van der Waals surface area contributed by atoms with Gasteiger partial charge in [0.2, 0.25) is 0 Å². The minimum absolute atomic E-state index is 0.609. The van der Waals surface area contributed by atoms with E-state index in [9.17, 15) is 0 Å². The molecule has 2 aromatic rings. The molecular weight excluding hydrogens is 358 g/mol. The standard InChI is InChI=1S/C17H24BrN3S/c1-12(2)10-21-11-16(13(3)9-19-22-20(4)5)15-7-6-14(18)8-17(15)21/h6-8,11-12,19H,3,9-10H2,1-2,4-5H3. The number of benzene rings is 1. The summed E-state index contributed by atoms with van der Waals surface area (Å²) in [4.78, 5) is 0. The van der Waals surface area contributed by atoms with Crippen molar-refractivity contribution in [3.05, 3.63) is 41.0 Å². The quantitative estimate of drug-likeness (QED) is 0.696. The molecule has 3 nitrogen and oxygen atoms in total. The van der Waals surface area contributed by atoms with Gasteiger partial charge in [0.25, 0.3) is 0 Å². The van der Waals surface area contributed by atoms with Gasteiger partial charge in [-0.1, -0.05) is 42.4 Å². The third kappa shape index (κ3) is 4.38. The van der Waals surface area contributed by atoms with Crippen LogP contribution >= 0.6 is 28.1 Å². The van der Waals surface area contributed by atoms with Crippen molar-refractivity contribution in [1.29, 1.82) is 0 Å². The summed E-state index contributed by atoms with van der Waals surface area (Å²) in [6.07, 6.45) is 2.24. The van der Waals surface area contributed by atoms with E-state index in [1.54, 1.807) is 12.1 Å². The van der Waals surface area contributed by atoms with Gasteiger partial charge in [-0.05, 0) is 37.7 Å². The fraction of sp³-hybridized carbons (Fsp3) is 0.412. The third-order valence-corrected chi connectivity index (χ3v) is 4.45. The molecular formula is C17H24BrN3S. The first-order valence-corrected chi connectivity index (χ1v) is 8.98. The number of hydrogen-bond acceptors (Lipinski definition) is 3. The maximum Gasteiger partial charge on any atom is 0.0498 e. The molecule has 0 unspecified atom stereocenters. The second-order valence-electron chi connectivity index (χ2n) is 6.08. The topological polar surface area (TPSA) is 20.2 Å². The molecule has 22 heavy (non-hydrogen) atoms. The molecule has 0 bridgehead atoms. The Hall–Kier alpha value is -0.750. The number of nitrogens with zero attached hydrogens (tertiary/aromatic N) is 2. The van der Waals surface area contributed by atoms with Crippen LogP contribution in [-0.4, -0.2) is 29.5 Å². The molecule has 0 fully saturated rings. The Labute approximate surface area is 146 Å². The van der Waals surface area contributed by atoms with E-state index in [4.69, 9.17) is 0 Å². The lowest BCUT2D eigenvalue weighted by Crippen LogP contribution is -2.14. The van der Waals surface area contributed by atoms with Gasteiger partial charge in [-0.25, -0.2) is 9.03 Å². The van der Waals surface area contributed by atoms with Crippen LogP contribution in [0.15, 0.2) is 35.4 Å². The van der Waals surface area contributed by atoms with Gasteiger partial charge < -0.3 is 4.57 Å². The molecule has 0 amide bonds. The molecule has 1 aromatic heterocycles. The van der Waals surface area contributed by atoms with Gasteiger partial charge in [0.05, 0.1) is 0 Å². The molecule has 1 N–H and O–H groups in total. The summed E-state index contributed by atoms with van der Waals surface area (Å²) in [5.74, 6) is 0.609. The largest absolute Gasteiger partial charge is 0.347 e. The van der Waals surface area contributed by atoms with Crippen molar-refractivity contribution in [1.82, 2.24) is 13.6 Å². The molecule has 2 rings (SSSR count). The van der Waals surface area contributed by atoms with Crippen LogP contribution < -0.4 is 4.72 Å². The molecule has 0 atom stereocenters. The van der Waals surface area contributed by atoms with E-state index in [1.807, 2.05) is 18.4 Å². The van der Waals surface area contributed by atoms with Gasteiger partial charge in [0, 0.05) is 52.4 Å². The van der Waals surface area contributed by atoms with Crippen LogP contribution in [0.3, 0.4) is 0 Å². The average Bonchev–Trinajstić information content (AvgIpc) is 2.76. The predicted octanol–water partition coefficient (Wildman–Crippen LogP) is 4.79. The van der Waals surface area contributed by atoms with E-state index in [1.165, 1.54) is 16.5 Å². The normalized spacial score (nSPS) is 11.8. The second-order valence-corrected chi connectivity index (χ2v) is 8.20. The number of rotatable bonds is 7. The summed E-state index contributed by atoms with van der Waals surface area (Å²) in [6, 6.07) is 6.47. The molecule has 0 saturated heterocycles. The Kier molecular flexibility index (Phi) is 6.15. The smallest absolute Gasteiger partial charge is 0.0498 e. The van der Waals surface area contributed by atoms with Crippen LogP contribution in [0.25, 0.3) is 16.5 Å². The van der Waals surface area contributed by atoms with Crippen LogP contribution in [0, 0.1) is 5.92 Å². The summed E-state index contributed by atoms with van der Waals surface area (Å²) >= 11 is 5.17. The number of halogens is 1. The average molecular weight is 382 g/mol. The zero-order valence-electron chi connectivity index (χ0n) is 13.7. The van der Waals surface area contributed by atoms with Crippen molar-refractivity contribution in [3.63, 3.8) is 0 Å². The summed E-state index contributed by atoms with van der Waals surface area (Å²) in [5, 5.41) is 1.27. The fourth-order valence-electron chi connectivity index (χ4n) is 2.43. The minimum Gasteiger partial charge on any atom is -0.347 e. The van der Waals surface area contributed by atoms with Crippen molar-refractivity contribution in [2.24, 2.45) is 5.92 Å². The third-order valence-electron chi connectivity index (χ3n) is 3.32. The van der Waals surface area contributed by atoms with Crippen LogP contribution in [0.4, 0.5) is 0 Å². The fourth-order valence-corrected chi connectivity index (χ4v) is 3.28. The first kappa shape index (κ1) is 17.6. The molecule has 1 heterocycles. The van der Waals surface area contributed by atoms with Gasteiger partial charge in [-0.3, -0.25) is 0 Å². The Morgan fingerprint density at radius 1 is 1.41 bits per heavy atom. The molecule has 0 aliphatic heterocycles. The van der Waals surface area contributed by atoms with Crippen molar-refractivity contribution < 1.29 is 0 Å². The lowest BCUT2D eigenvalue weighted by atomic mass is 10.1. The Bertz CT molecular complexity index is 661. The van der Waals surface area contributed by atoms with E-state index >= 15 is 0 Å². The molecule has 0 radical (unpaired) electrons. The second kappa shape index (κ2) is 7.68.